The number of fused-ring (bicyclic) bond motifs is 1. The Hall–Kier alpha value is -3.37. The van der Waals surface area contributed by atoms with Gasteiger partial charge in [-0.3, -0.25) is 9.36 Å². The van der Waals surface area contributed by atoms with Crippen LogP contribution in [0, 0.1) is 0 Å². The quantitative estimate of drug-likeness (QED) is 0.269. The fourth-order valence-electron chi connectivity index (χ4n) is 6.66. The topological polar surface area (TPSA) is 105 Å². The van der Waals surface area contributed by atoms with Gasteiger partial charge in [0.25, 0.3) is 5.91 Å². The van der Waals surface area contributed by atoms with Crippen molar-refractivity contribution in [2.75, 3.05) is 51.4 Å². The smallest absolute Gasteiger partial charge is 0.257 e. The predicted molar refractivity (Wildman–Crippen MR) is 166 cm³/mol. The van der Waals surface area contributed by atoms with Crippen LogP contribution in [0.15, 0.2) is 48.9 Å². The second kappa shape index (κ2) is 12.1. The number of hydrogen-bond donors (Lipinski definition) is 4. The average molecular weight is 612 g/mol. The Labute approximate surface area is 255 Å². The molecule has 0 spiro atoms. The Morgan fingerprint density at radius 2 is 1.88 bits per heavy atom. The number of anilines is 2. The summed E-state index contributed by atoms with van der Waals surface area (Å²) in [5.41, 5.74) is 10.1. The normalized spacial score (nSPS) is 22.7. The van der Waals surface area contributed by atoms with Gasteiger partial charge in [-0.15, -0.1) is 0 Å². The number of ether oxygens (including phenoxy) is 1. The molecule has 42 heavy (non-hydrogen) atoms. The molecule has 2 aliphatic rings. The SMILES string of the molecule is COc1cc(-c2cn(C3CCC([NH+]4CC[NH+](C)CC4)CC3)c3[nH+]cnc(N)c23)ccc1NC(=O)c1cccc(Cl)c1Cl. The number of nitrogens with zero attached hydrogens (tertiary/aromatic N) is 2. The molecular weight excluding hydrogens is 573 g/mol. The molecule has 11 heteroatoms. The number of likely N-dealkylation sites (N-methyl/N-ethyl adjacent to an activating group) is 1. The molecule has 1 aliphatic carbocycles. The number of methoxy groups -OCH3 is 1. The van der Waals surface area contributed by atoms with Crippen LogP contribution in [0.5, 0.6) is 5.75 Å². The van der Waals surface area contributed by atoms with Gasteiger partial charge in [0, 0.05) is 18.4 Å². The summed E-state index contributed by atoms with van der Waals surface area (Å²) in [6, 6.07) is 11.8. The molecule has 4 aromatic rings. The van der Waals surface area contributed by atoms with E-state index in [0.29, 0.717) is 28.3 Å². The molecule has 0 radical (unpaired) electrons. The second-order valence-corrected chi connectivity index (χ2v) is 12.3. The van der Waals surface area contributed by atoms with E-state index in [0.717, 1.165) is 41.0 Å². The molecule has 9 nitrogen and oxygen atoms in total. The number of rotatable bonds is 6. The average Bonchev–Trinajstić information content (AvgIpc) is 3.40. The van der Waals surface area contributed by atoms with Crippen molar-refractivity contribution in [2.24, 2.45) is 0 Å². The number of nitrogen functional groups attached to an aromatic ring is 1. The molecule has 1 amide bonds. The number of H-pyrrole nitrogens is 1. The lowest BCUT2D eigenvalue weighted by atomic mass is 9.89. The van der Waals surface area contributed by atoms with Crippen LogP contribution in [0.2, 0.25) is 10.0 Å². The summed E-state index contributed by atoms with van der Waals surface area (Å²) in [6.07, 6.45) is 8.59. The van der Waals surface area contributed by atoms with Crippen LogP contribution < -0.4 is 30.6 Å². The van der Waals surface area contributed by atoms with Gasteiger partial charge in [0.1, 0.15) is 37.3 Å². The molecule has 1 aliphatic heterocycles. The third-order valence-electron chi connectivity index (χ3n) is 9.06. The summed E-state index contributed by atoms with van der Waals surface area (Å²) in [7, 11) is 3.88. The monoisotopic (exact) mass is 610 g/mol. The van der Waals surface area contributed by atoms with Gasteiger partial charge >= 0.3 is 0 Å². The third kappa shape index (κ3) is 5.54. The zero-order valence-electron chi connectivity index (χ0n) is 24.0. The van der Waals surface area contributed by atoms with Crippen LogP contribution in [-0.4, -0.2) is 61.8 Å². The number of nitrogens with two attached hydrogens (primary N) is 1. The van der Waals surface area contributed by atoms with Crippen molar-refractivity contribution in [3.8, 4) is 16.9 Å². The minimum Gasteiger partial charge on any atom is -0.495 e. The van der Waals surface area contributed by atoms with Gasteiger partial charge < -0.3 is 25.6 Å². The number of halogens is 2. The van der Waals surface area contributed by atoms with E-state index >= 15 is 0 Å². The summed E-state index contributed by atoms with van der Waals surface area (Å²) in [5.74, 6) is 0.620. The molecule has 3 heterocycles. The van der Waals surface area contributed by atoms with E-state index < -0.39 is 0 Å². The standard InChI is InChI=1S/C31H35Cl2N7O2/c1-38-12-14-39(15-13-38)20-7-9-21(10-8-20)40-17-23(27-29(34)35-18-36-30(27)40)19-6-11-25(26(16-19)42-2)37-31(41)22-4-3-5-24(32)28(22)33/h3-6,11,16-18,20-21H,7-10,12-15H2,1-2H3,(H,37,41)(H2,34,35,36)/p+3. The first-order valence-electron chi connectivity index (χ1n) is 14.6. The minimum atomic E-state index is -0.372. The first-order valence-corrected chi connectivity index (χ1v) is 15.4. The highest BCUT2D eigenvalue weighted by Crippen LogP contribution is 2.39. The van der Waals surface area contributed by atoms with Gasteiger partial charge in [0.15, 0.2) is 0 Å². The highest BCUT2D eigenvalue weighted by molar-refractivity contribution is 6.44. The Morgan fingerprint density at radius 1 is 1.12 bits per heavy atom. The molecule has 2 fully saturated rings. The van der Waals surface area contributed by atoms with Gasteiger partial charge in [-0.05, 0) is 42.7 Å². The number of aromatic amines is 1. The fraction of sp³-hybridized carbons (Fsp3) is 0.387. The minimum absolute atomic E-state index is 0.208. The number of carbonyl (C=O) groups excluding carboxylic acids is 1. The van der Waals surface area contributed by atoms with Crippen LogP contribution >= 0.6 is 23.2 Å². The molecule has 2 aromatic heterocycles. The fourth-order valence-corrected chi connectivity index (χ4v) is 7.05. The van der Waals surface area contributed by atoms with Crippen molar-refractivity contribution >= 4 is 51.6 Å². The molecule has 0 bridgehead atoms. The largest absolute Gasteiger partial charge is 0.495 e. The number of nitrogens with one attached hydrogen (secondary N) is 4. The number of benzene rings is 2. The van der Waals surface area contributed by atoms with Crippen molar-refractivity contribution in [3.05, 3.63) is 64.5 Å². The van der Waals surface area contributed by atoms with Crippen LogP contribution in [0.3, 0.4) is 0 Å². The van der Waals surface area contributed by atoms with Crippen LogP contribution in [0.4, 0.5) is 11.5 Å². The van der Waals surface area contributed by atoms with Crippen LogP contribution in [-0.2, 0) is 0 Å². The van der Waals surface area contributed by atoms with Crippen molar-refractivity contribution in [1.29, 1.82) is 0 Å². The molecule has 0 unspecified atom stereocenters. The summed E-state index contributed by atoms with van der Waals surface area (Å²) < 4.78 is 8.05. The van der Waals surface area contributed by atoms with E-state index in [1.807, 2.05) is 18.2 Å². The van der Waals surface area contributed by atoms with Gasteiger partial charge in [-0.1, -0.05) is 40.3 Å². The maximum Gasteiger partial charge on any atom is 0.257 e. The van der Waals surface area contributed by atoms with Crippen LogP contribution in [0.1, 0.15) is 42.1 Å². The lowest BCUT2D eigenvalue weighted by Gasteiger charge is -2.36. The highest BCUT2D eigenvalue weighted by Gasteiger charge is 2.35. The molecule has 2 aromatic carbocycles. The van der Waals surface area contributed by atoms with E-state index in [9.17, 15) is 4.79 Å². The zero-order valence-corrected chi connectivity index (χ0v) is 25.5. The number of aromatic nitrogens is 3. The van der Waals surface area contributed by atoms with Crippen molar-refractivity contribution in [1.82, 2.24) is 9.55 Å². The van der Waals surface area contributed by atoms with Crippen molar-refractivity contribution in [3.63, 3.8) is 0 Å². The third-order valence-corrected chi connectivity index (χ3v) is 9.88. The maximum atomic E-state index is 13.0. The lowest BCUT2D eigenvalue weighted by molar-refractivity contribution is -1.02. The Kier molecular flexibility index (Phi) is 8.27. The number of amides is 1. The van der Waals surface area contributed by atoms with Gasteiger partial charge in [0.05, 0.1) is 53.7 Å². The Balaban J connectivity index is 1.27. The zero-order chi connectivity index (χ0) is 29.4. The number of quaternary nitrogens is 2. The van der Waals surface area contributed by atoms with E-state index in [4.69, 9.17) is 33.7 Å². The van der Waals surface area contributed by atoms with Gasteiger partial charge in [-0.2, -0.15) is 0 Å². The van der Waals surface area contributed by atoms with Crippen LogP contribution in [0.25, 0.3) is 22.2 Å². The Bertz CT molecular complexity index is 1610. The molecule has 0 atom stereocenters. The van der Waals surface area contributed by atoms with Crippen molar-refractivity contribution in [2.45, 2.75) is 37.8 Å². The van der Waals surface area contributed by atoms with E-state index in [1.165, 1.54) is 39.0 Å². The number of carbonyl (C=O) groups is 1. The van der Waals surface area contributed by atoms with E-state index in [-0.39, 0.29) is 16.5 Å². The summed E-state index contributed by atoms with van der Waals surface area (Å²) >= 11 is 12.4. The summed E-state index contributed by atoms with van der Waals surface area (Å²) in [6.45, 7) is 5.08. The number of hydrogen-bond acceptors (Lipinski definition) is 4. The van der Waals surface area contributed by atoms with Gasteiger partial charge in [0.2, 0.25) is 17.8 Å². The number of piperazine rings is 1. The molecule has 6 rings (SSSR count). The van der Waals surface area contributed by atoms with Crippen molar-refractivity contribution < 1.29 is 24.3 Å². The predicted octanol–water partition coefficient (Wildman–Crippen LogP) is 2.56. The first-order chi connectivity index (χ1) is 20.3. The molecule has 6 N–H and O–H groups in total. The second-order valence-electron chi connectivity index (χ2n) is 11.6. The molecule has 1 saturated carbocycles. The first kappa shape index (κ1) is 28.7. The summed E-state index contributed by atoms with van der Waals surface area (Å²) in [5, 5.41) is 4.32. The molecule has 1 saturated heterocycles. The highest BCUT2D eigenvalue weighted by atomic mass is 35.5. The van der Waals surface area contributed by atoms with E-state index in [2.05, 4.69) is 33.1 Å². The summed E-state index contributed by atoms with van der Waals surface area (Å²) in [4.78, 5) is 24.2. The lowest BCUT2D eigenvalue weighted by Crippen LogP contribution is -3.28. The van der Waals surface area contributed by atoms with Gasteiger partial charge in [-0.25, -0.2) is 4.98 Å². The van der Waals surface area contributed by atoms with E-state index in [1.54, 1.807) is 41.4 Å². The maximum absolute atomic E-state index is 13.0. The molecular formula is C31H38Cl2N7O2+3. The Morgan fingerprint density at radius 3 is 2.62 bits per heavy atom. The molecule has 220 valence electrons.